The number of nitrogens with zero attached hydrogens (tertiary/aromatic N) is 1. The summed E-state index contributed by atoms with van der Waals surface area (Å²) < 4.78 is 25.4. The fourth-order valence-electron chi connectivity index (χ4n) is 2.62. The highest BCUT2D eigenvalue weighted by Gasteiger charge is 2.23. The van der Waals surface area contributed by atoms with Gasteiger partial charge < -0.3 is 5.32 Å². The maximum Gasteiger partial charge on any atom is 0.240 e. The number of carbonyl (C=O) groups excluding carboxylic acids is 1. The van der Waals surface area contributed by atoms with Crippen LogP contribution in [0.1, 0.15) is 45.1 Å². The zero-order valence-electron chi connectivity index (χ0n) is 15.5. The zero-order valence-corrected chi connectivity index (χ0v) is 17.1. The predicted molar refractivity (Wildman–Crippen MR) is 105 cm³/mol. The van der Waals surface area contributed by atoms with E-state index in [0.717, 1.165) is 41.8 Å². The SMILES string of the molecule is CCCC[C@H](CC)CNC(=O)CN(c1cc(Cl)ccc1C)S(C)(=O)=O. The molecule has 0 bridgehead atoms. The van der Waals surface area contributed by atoms with Crippen molar-refractivity contribution in [2.24, 2.45) is 5.92 Å². The number of hydrogen-bond acceptors (Lipinski definition) is 3. The molecule has 1 aromatic rings. The van der Waals surface area contributed by atoms with Gasteiger partial charge in [-0.3, -0.25) is 9.10 Å². The van der Waals surface area contributed by atoms with Crippen LogP contribution in [0.3, 0.4) is 0 Å². The van der Waals surface area contributed by atoms with Gasteiger partial charge in [0.2, 0.25) is 15.9 Å². The molecule has 1 aromatic carbocycles. The number of halogens is 1. The number of carbonyl (C=O) groups is 1. The van der Waals surface area contributed by atoms with E-state index in [-0.39, 0.29) is 12.5 Å². The summed E-state index contributed by atoms with van der Waals surface area (Å²) in [5.74, 6) is 0.114. The van der Waals surface area contributed by atoms with Crippen LogP contribution in [-0.4, -0.2) is 33.7 Å². The number of rotatable bonds is 10. The minimum absolute atomic E-state index is 0.246. The molecular weight excluding hydrogens is 360 g/mol. The molecule has 0 aliphatic carbocycles. The van der Waals surface area contributed by atoms with Gasteiger partial charge in [0.1, 0.15) is 6.54 Å². The van der Waals surface area contributed by atoms with Crippen LogP contribution in [0.15, 0.2) is 18.2 Å². The van der Waals surface area contributed by atoms with Crippen molar-refractivity contribution >= 4 is 33.2 Å². The van der Waals surface area contributed by atoms with Gasteiger partial charge in [-0.1, -0.05) is 50.8 Å². The number of aryl methyl sites for hydroxylation is 1. The number of sulfonamides is 1. The van der Waals surface area contributed by atoms with E-state index in [1.807, 2.05) is 0 Å². The van der Waals surface area contributed by atoms with Crippen LogP contribution in [0, 0.1) is 12.8 Å². The lowest BCUT2D eigenvalue weighted by Crippen LogP contribution is -2.42. The van der Waals surface area contributed by atoms with Crippen molar-refractivity contribution in [2.45, 2.75) is 46.5 Å². The molecule has 7 heteroatoms. The second-order valence-corrected chi connectivity index (χ2v) is 8.76. The van der Waals surface area contributed by atoms with Gasteiger partial charge in [-0.25, -0.2) is 8.42 Å². The molecule has 0 aliphatic heterocycles. The van der Waals surface area contributed by atoms with Crippen LogP contribution in [0.25, 0.3) is 0 Å². The maximum absolute atomic E-state index is 12.3. The predicted octanol–water partition coefficient (Wildman–Crippen LogP) is 3.75. The highest BCUT2D eigenvalue weighted by molar-refractivity contribution is 7.92. The van der Waals surface area contributed by atoms with Gasteiger partial charge in [0.15, 0.2) is 0 Å². The molecule has 1 rings (SSSR count). The second kappa shape index (κ2) is 10.0. The molecule has 1 amide bonds. The fraction of sp³-hybridized carbons (Fsp3) is 0.611. The molecule has 0 radical (unpaired) electrons. The summed E-state index contributed by atoms with van der Waals surface area (Å²) in [5.41, 5.74) is 1.18. The van der Waals surface area contributed by atoms with E-state index < -0.39 is 10.0 Å². The molecule has 0 spiro atoms. The summed E-state index contributed by atoms with van der Waals surface area (Å²) in [5, 5.41) is 3.30. The molecule has 0 unspecified atom stereocenters. The summed E-state index contributed by atoms with van der Waals surface area (Å²) in [7, 11) is -3.60. The number of nitrogens with one attached hydrogen (secondary N) is 1. The quantitative estimate of drug-likeness (QED) is 0.663. The Hall–Kier alpha value is -1.27. The molecular formula is C18H29ClN2O3S. The maximum atomic E-state index is 12.3. The minimum atomic E-state index is -3.60. The smallest absolute Gasteiger partial charge is 0.240 e. The molecule has 0 aromatic heterocycles. The first kappa shape index (κ1) is 21.8. The van der Waals surface area contributed by atoms with Crippen LogP contribution < -0.4 is 9.62 Å². The van der Waals surface area contributed by atoms with Crippen molar-refractivity contribution < 1.29 is 13.2 Å². The van der Waals surface area contributed by atoms with E-state index >= 15 is 0 Å². The number of amides is 1. The Morgan fingerprint density at radius 2 is 2.00 bits per heavy atom. The largest absolute Gasteiger partial charge is 0.354 e. The number of anilines is 1. The standard InChI is InChI=1S/C18H29ClN2O3S/c1-5-7-8-15(6-2)12-20-18(22)13-21(25(4,23)24)17-11-16(19)10-9-14(17)3/h9-11,15H,5-8,12-13H2,1-4H3,(H,20,22)/t15-/m0/s1. The van der Waals surface area contributed by atoms with E-state index in [2.05, 4.69) is 19.2 Å². The number of hydrogen-bond donors (Lipinski definition) is 1. The Kier molecular flexibility index (Phi) is 8.73. The van der Waals surface area contributed by atoms with Crippen LogP contribution >= 0.6 is 11.6 Å². The average Bonchev–Trinajstić information content (AvgIpc) is 2.54. The molecule has 142 valence electrons. The summed E-state index contributed by atoms with van der Waals surface area (Å²) >= 11 is 6.00. The first-order valence-electron chi connectivity index (χ1n) is 8.69. The van der Waals surface area contributed by atoms with Crippen LogP contribution in [0.4, 0.5) is 5.69 Å². The lowest BCUT2D eigenvalue weighted by molar-refractivity contribution is -0.119. The number of benzene rings is 1. The van der Waals surface area contributed by atoms with Gasteiger partial charge in [-0.2, -0.15) is 0 Å². The number of unbranched alkanes of at least 4 members (excludes halogenated alkanes) is 1. The Labute approximate surface area is 156 Å². The summed E-state index contributed by atoms with van der Waals surface area (Å²) in [4.78, 5) is 12.3. The van der Waals surface area contributed by atoms with Gasteiger partial charge in [0, 0.05) is 11.6 Å². The summed E-state index contributed by atoms with van der Waals surface area (Å²) in [6.07, 6.45) is 5.41. The summed E-state index contributed by atoms with van der Waals surface area (Å²) in [6.45, 7) is 6.36. The molecule has 0 fully saturated rings. The molecule has 25 heavy (non-hydrogen) atoms. The van der Waals surface area contributed by atoms with Gasteiger partial charge in [0.05, 0.1) is 11.9 Å². The Morgan fingerprint density at radius 3 is 2.56 bits per heavy atom. The van der Waals surface area contributed by atoms with Gasteiger partial charge >= 0.3 is 0 Å². The lowest BCUT2D eigenvalue weighted by Gasteiger charge is -2.24. The zero-order chi connectivity index (χ0) is 19.0. The van der Waals surface area contributed by atoms with Crippen molar-refractivity contribution in [2.75, 3.05) is 23.7 Å². The third-order valence-electron chi connectivity index (χ3n) is 4.26. The van der Waals surface area contributed by atoms with Crippen molar-refractivity contribution in [3.05, 3.63) is 28.8 Å². The van der Waals surface area contributed by atoms with Gasteiger partial charge in [-0.15, -0.1) is 0 Å². The molecule has 0 heterocycles. The third-order valence-corrected chi connectivity index (χ3v) is 5.62. The van der Waals surface area contributed by atoms with E-state index in [4.69, 9.17) is 11.6 Å². The highest BCUT2D eigenvalue weighted by Crippen LogP contribution is 2.26. The second-order valence-electron chi connectivity index (χ2n) is 6.42. The van der Waals surface area contributed by atoms with Crippen LogP contribution in [0.5, 0.6) is 0 Å². The van der Waals surface area contributed by atoms with Gasteiger partial charge in [-0.05, 0) is 37.0 Å². The molecule has 1 atom stereocenters. The summed E-state index contributed by atoms with van der Waals surface area (Å²) in [6, 6.07) is 5.01. The first-order valence-corrected chi connectivity index (χ1v) is 10.9. The molecule has 0 saturated carbocycles. The lowest BCUT2D eigenvalue weighted by atomic mass is 9.99. The van der Waals surface area contributed by atoms with E-state index in [9.17, 15) is 13.2 Å². The Balaban J connectivity index is 2.83. The van der Waals surface area contributed by atoms with Crippen molar-refractivity contribution in [1.29, 1.82) is 0 Å². The molecule has 0 saturated heterocycles. The Morgan fingerprint density at radius 1 is 1.32 bits per heavy atom. The minimum Gasteiger partial charge on any atom is -0.354 e. The molecule has 0 aliphatic rings. The van der Waals surface area contributed by atoms with Crippen LogP contribution in [0.2, 0.25) is 5.02 Å². The normalized spacial score (nSPS) is 12.7. The van der Waals surface area contributed by atoms with Gasteiger partial charge in [0.25, 0.3) is 0 Å². The van der Waals surface area contributed by atoms with Crippen molar-refractivity contribution in [1.82, 2.24) is 5.32 Å². The van der Waals surface area contributed by atoms with Crippen molar-refractivity contribution in [3.8, 4) is 0 Å². The first-order chi connectivity index (χ1) is 11.7. The molecule has 5 nitrogen and oxygen atoms in total. The van der Waals surface area contributed by atoms with Crippen molar-refractivity contribution in [3.63, 3.8) is 0 Å². The highest BCUT2D eigenvalue weighted by atomic mass is 35.5. The van der Waals surface area contributed by atoms with Crippen LogP contribution in [-0.2, 0) is 14.8 Å². The average molecular weight is 389 g/mol. The van der Waals surface area contributed by atoms with E-state index in [0.29, 0.717) is 23.2 Å². The van der Waals surface area contributed by atoms with E-state index in [1.165, 1.54) is 0 Å². The fourth-order valence-corrected chi connectivity index (χ4v) is 3.69. The molecule has 1 N–H and O–H groups in total. The third kappa shape index (κ3) is 7.24. The topological polar surface area (TPSA) is 66.5 Å². The van der Waals surface area contributed by atoms with E-state index in [1.54, 1.807) is 25.1 Å². The monoisotopic (exact) mass is 388 g/mol. The Bertz CT molecular complexity index is 677.